The molecule has 0 aliphatic heterocycles. The van der Waals surface area contributed by atoms with Crippen molar-refractivity contribution in [2.75, 3.05) is 0 Å². The third-order valence-corrected chi connectivity index (χ3v) is 2.01. The van der Waals surface area contributed by atoms with Gasteiger partial charge in [0.1, 0.15) is 11.1 Å². The van der Waals surface area contributed by atoms with Crippen molar-refractivity contribution >= 4 is 23.4 Å². The molecule has 0 aromatic carbocycles. The van der Waals surface area contributed by atoms with Crippen LogP contribution in [0.15, 0.2) is 34.1 Å². The molecule has 0 atom stereocenters. The minimum atomic E-state index is 0.132. The average Bonchev–Trinajstić information content (AvgIpc) is 2.16. The first-order chi connectivity index (χ1) is 5.83. The SMILES string of the molecule is N#C/C(Cl)=C/Sc1ncccn1. The number of allylic oxidation sites excluding steroid dienone is 1. The van der Waals surface area contributed by atoms with Gasteiger partial charge in [-0.15, -0.1) is 0 Å². The van der Waals surface area contributed by atoms with E-state index in [1.54, 1.807) is 24.5 Å². The highest BCUT2D eigenvalue weighted by molar-refractivity contribution is 8.02. The lowest BCUT2D eigenvalue weighted by molar-refractivity contribution is 0.971. The molecule has 0 aliphatic rings. The summed E-state index contributed by atoms with van der Waals surface area (Å²) >= 11 is 6.65. The number of hydrogen-bond donors (Lipinski definition) is 0. The van der Waals surface area contributed by atoms with E-state index in [-0.39, 0.29) is 5.03 Å². The van der Waals surface area contributed by atoms with Crippen molar-refractivity contribution < 1.29 is 0 Å². The normalized spacial score (nSPS) is 10.8. The monoisotopic (exact) mass is 197 g/mol. The Balaban J connectivity index is 2.61. The van der Waals surface area contributed by atoms with Crippen molar-refractivity contribution in [3.05, 3.63) is 28.9 Å². The number of aromatic nitrogens is 2. The molecule has 0 saturated heterocycles. The van der Waals surface area contributed by atoms with Gasteiger partial charge in [0.25, 0.3) is 0 Å². The second kappa shape index (κ2) is 4.75. The molecule has 1 heterocycles. The fourth-order valence-corrected chi connectivity index (χ4v) is 1.12. The second-order valence-corrected chi connectivity index (χ2v) is 2.97. The van der Waals surface area contributed by atoms with Gasteiger partial charge in [0.15, 0.2) is 5.16 Å². The summed E-state index contributed by atoms with van der Waals surface area (Å²) in [6, 6.07) is 3.51. The van der Waals surface area contributed by atoms with Gasteiger partial charge >= 0.3 is 0 Å². The summed E-state index contributed by atoms with van der Waals surface area (Å²) in [6.07, 6.45) is 3.26. The summed E-state index contributed by atoms with van der Waals surface area (Å²) < 4.78 is 0. The van der Waals surface area contributed by atoms with Crippen LogP contribution in [0, 0.1) is 11.3 Å². The molecule has 60 valence electrons. The second-order valence-electron chi connectivity index (χ2n) is 1.73. The minimum Gasteiger partial charge on any atom is -0.231 e. The van der Waals surface area contributed by atoms with E-state index in [1.807, 2.05) is 0 Å². The first-order valence-electron chi connectivity index (χ1n) is 3.02. The van der Waals surface area contributed by atoms with Crippen molar-refractivity contribution in [2.45, 2.75) is 5.16 Å². The average molecular weight is 198 g/mol. The van der Waals surface area contributed by atoms with Crippen LogP contribution in [0.5, 0.6) is 0 Å². The molecule has 0 fully saturated rings. The Morgan fingerprint density at radius 2 is 2.25 bits per heavy atom. The van der Waals surface area contributed by atoms with Crippen LogP contribution in [0.1, 0.15) is 0 Å². The summed E-state index contributed by atoms with van der Waals surface area (Å²) in [5.41, 5.74) is 0. The van der Waals surface area contributed by atoms with Crippen LogP contribution in [0.2, 0.25) is 0 Å². The summed E-state index contributed by atoms with van der Waals surface area (Å²) in [6.45, 7) is 0. The van der Waals surface area contributed by atoms with Gasteiger partial charge in [-0.05, 0) is 6.07 Å². The number of nitrogens with zero attached hydrogens (tertiary/aromatic N) is 3. The highest BCUT2D eigenvalue weighted by Crippen LogP contribution is 2.16. The van der Waals surface area contributed by atoms with E-state index < -0.39 is 0 Å². The van der Waals surface area contributed by atoms with Gasteiger partial charge in [0.2, 0.25) is 0 Å². The van der Waals surface area contributed by atoms with Crippen molar-refractivity contribution in [2.24, 2.45) is 0 Å². The molecule has 0 saturated carbocycles. The Morgan fingerprint density at radius 3 is 2.83 bits per heavy atom. The molecule has 12 heavy (non-hydrogen) atoms. The van der Waals surface area contributed by atoms with Crippen LogP contribution in [-0.4, -0.2) is 9.97 Å². The van der Waals surface area contributed by atoms with Crippen molar-refractivity contribution in [1.29, 1.82) is 5.26 Å². The molecule has 0 N–H and O–H groups in total. The Kier molecular flexibility index (Phi) is 3.58. The predicted octanol–water partition coefficient (Wildman–Crippen LogP) is 2.17. The smallest absolute Gasteiger partial charge is 0.191 e. The van der Waals surface area contributed by atoms with Crippen molar-refractivity contribution in [3.8, 4) is 6.07 Å². The van der Waals surface area contributed by atoms with Crippen LogP contribution in [0.3, 0.4) is 0 Å². The molecular formula is C7H4ClN3S. The van der Waals surface area contributed by atoms with Gasteiger partial charge in [-0.3, -0.25) is 0 Å². The van der Waals surface area contributed by atoms with Gasteiger partial charge in [0.05, 0.1) is 0 Å². The highest BCUT2D eigenvalue weighted by Gasteiger charge is 1.92. The topological polar surface area (TPSA) is 49.6 Å². The zero-order valence-electron chi connectivity index (χ0n) is 5.94. The van der Waals surface area contributed by atoms with E-state index in [2.05, 4.69) is 9.97 Å². The summed E-state index contributed by atoms with van der Waals surface area (Å²) in [4.78, 5) is 7.85. The van der Waals surface area contributed by atoms with Crippen LogP contribution in [-0.2, 0) is 0 Å². The quantitative estimate of drug-likeness (QED) is 0.414. The molecule has 0 radical (unpaired) electrons. The maximum atomic E-state index is 8.31. The standard InChI is InChI=1S/C7H4ClN3S/c8-6(4-9)5-12-7-10-2-1-3-11-7/h1-3,5H/b6-5-. The lowest BCUT2D eigenvalue weighted by atomic mass is 10.7. The molecular weight excluding hydrogens is 194 g/mol. The molecule has 1 aromatic heterocycles. The maximum Gasteiger partial charge on any atom is 0.191 e. The Morgan fingerprint density at radius 1 is 1.58 bits per heavy atom. The van der Waals surface area contributed by atoms with E-state index in [0.29, 0.717) is 5.16 Å². The summed E-state index contributed by atoms with van der Waals surface area (Å²) in [5, 5.41) is 10.5. The lowest BCUT2D eigenvalue weighted by Crippen LogP contribution is -1.79. The zero-order chi connectivity index (χ0) is 8.81. The van der Waals surface area contributed by atoms with E-state index in [0.717, 1.165) is 0 Å². The van der Waals surface area contributed by atoms with Gasteiger partial charge in [0, 0.05) is 17.8 Å². The Labute approximate surface area is 79.1 Å². The third-order valence-electron chi connectivity index (χ3n) is 0.917. The predicted molar refractivity (Wildman–Crippen MR) is 47.4 cm³/mol. The molecule has 5 heteroatoms. The Bertz CT molecular complexity index is 317. The number of thioether (sulfide) groups is 1. The number of halogens is 1. The van der Waals surface area contributed by atoms with Gasteiger partial charge in [-0.25, -0.2) is 9.97 Å². The van der Waals surface area contributed by atoms with Crippen molar-refractivity contribution in [3.63, 3.8) is 0 Å². The van der Waals surface area contributed by atoms with Crippen LogP contribution in [0.4, 0.5) is 0 Å². The van der Waals surface area contributed by atoms with Crippen LogP contribution < -0.4 is 0 Å². The first-order valence-corrected chi connectivity index (χ1v) is 4.28. The molecule has 3 nitrogen and oxygen atoms in total. The maximum absolute atomic E-state index is 8.31. The van der Waals surface area contributed by atoms with E-state index in [9.17, 15) is 0 Å². The zero-order valence-corrected chi connectivity index (χ0v) is 7.51. The minimum absolute atomic E-state index is 0.132. The van der Waals surface area contributed by atoms with E-state index in [1.165, 1.54) is 17.2 Å². The molecule has 0 amide bonds. The molecule has 0 bridgehead atoms. The van der Waals surface area contributed by atoms with E-state index >= 15 is 0 Å². The van der Waals surface area contributed by atoms with E-state index in [4.69, 9.17) is 16.9 Å². The largest absolute Gasteiger partial charge is 0.231 e. The summed E-state index contributed by atoms with van der Waals surface area (Å²) in [5.74, 6) is 0. The molecule has 1 rings (SSSR count). The highest BCUT2D eigenvalue weighted by atomic mass is 35.5. The summed E-state index contributed by atoms with van der Waals surface area (Å²) in [7, 11) is 0. The van der Waals surface area contributed by atoms with Gasteiger partial charge in [-0.1, -0.05) is 23.4 Å². The van der Waals surface area contributed by atoms with Gasteiger partial charge < -0.3 is 0 Å². The van der Waals surface area contributed by atoms with Crippen LogP contribution >= 0.6 is 23.4 Å². The fourth-order valence-electron chi connectivity index (χ4n) is 0.477. The molecule has 1 aromatic rings. The lowest BCUT2D eigenvalue weighted by Gasteiger charge is -1.90. The number of nitriles is 1. The number of hydrogen-bond acceptors (Lipinski definition) is 4. The molecule has 0 spiro atoms. The van der Waals surface area contributed by atoms with Gasteiger partial charge in [-0.2, -0.15) is 5.26 Å². The first kappa shape index (κ1) is 9.04. The van der Waals surface area contributed by atoms with Crippen molar-refractivity contribution in [1.82, 2.24) is 9.97 Å². The number of rotatable bonds is 2. The third kappa shape index (κ3) is 2.91. The molecule has 0 unspecified atom stereocenters. The fraction of sp³-hybridized carbons (Fsp3) is 0. The Hall–Kier alpha value is -1.05. The molecule has 0 aliphatic carbocycles. The van der Waals surface area contributed by atoms with Crippen LogP contribution in [0.25, 0.3) is 0 Å².